The molecule has 0 bridgehead atoms. The molecule has 1 aromatic rings. The molecule has 0 unspecified atom stereocenters. The summed E-state index contributed by atoms with van der Waals surface area (Å²) in [5, 5.41) is 0. The molecule has 84 valence electrons. The fourth-order valence-corrected chi connectivity index (χ4v) is 2.85. The minimum atomic E-state index is 0. The van der Waals surface area contributed by atoms with E-state index in [1.807, 2.05) is 12.1 Å². The summed E-state index contributed by atoms with van der Waals surface area (Å²) in [4.78, 5) is 0. The van der Waals surface area contributed by atoms with Crippen LogP contribution in [-0.4, -0.2) is 0 Å². The quantitative estimate of drug-likeness (QED) is 0.795. The number of nitrogens with two attached hydrogens (primary N) is 2. The van der Waals surface area contributed by atoms with E-state index in [2.05, 4.69) is 31.9 Å². The van der Waals surface area contributed by atoms with Gasteiger partial charge in [0, 0.05) is 15.0 Å². The van der Waals surface area contributed by atoms with Gasteiger partial charge in [-0.2, -0.15) is 0 Å². The molecule has 4 N–H and O–H groups in total. The first-order valence-corrected chi connectivity index (χ1v) is 6.18. The Labute approximate surface area is 112 Å². The van der Waals surface area contributed by atoms with Gasteiger partial charge in [-0.3, -0.25) is 0 Å². The van der Waals surface area contributed by atoms with Crippen molar-refractivity contribution in [2.75, 3.05) is 5.73 Å². The summed E-state index contributed by atoms with van der Waals surface area (Å²) in [7, 11) is 0. The van der Waals surface area contributed by atoms with Gasteiger partial charge in [0.25, 0.3) is 0 Å². The zero-order valence-electron chi connectivity index (χ0n) is 8.04. The van der Waals surface area contributed by atoms with E-state index in [0.717, 1.165) is 20.2 Å². The van der Waals surface area contributed by atoms with Crippen LogP contribution in [0.2, 0.25) is 0 Å². The van der Waals surface area contributed by atoms with Crippen LogP contribution < -0.4 is 11.5 Å². The maximum absolute atomic E-state index is 6.12. The Morgan fingerprint density at radius 2 is 1.87 bits per heavy atom. The molecule has 0 aliphatic heterocycles. The number of hydrogen-bond donors (Lipinski definition) is 2. The Kier molecular flexibility index (Phi) is 4.47. The van der Waals surface area contributed by atoms with Crippen molar-refractivity contribution in [3.63, 3.8) is 0 Å². The molecule has 0 radical (unpaired) electrons. The molecule has 1 aliphatic rings. The molecule has 0 amide bonds. The van der Waals surface area contributed by atoms with Crippen molar-refractivity contribution >= 4 is 50.0 Å². The van der Waals surface area contributed by atoms with Gasteiger partial charge in [0.2, 0.25) is 0 Å². The Hall–Kier alpha value is 0.230. The second-order valence-corrected chi connectivity index (χ2v) is 5.52. The van der Waals surface area contributed by atoms with E-state index in [9.17, 15) is 0 Å². The third kappa shape index (κ3) is 2.87. The monoisotopic (exact) mass is 354 g/mol. The maximum Gasteiger partial charge on any atom is 0.0507 e. The molecule has 2 nitrogen and oxygen atoms in total. The van der Waals surface area contributed by atoms with E-state index in [4.69, 9.17) is 11.5 Å². The minimum Gasteiger partial charge on any atom is -0.398 e. The highest BCUT2D eigenvalue weighted by atomic mass is 79.9. The Morgan fingerprint density at radius 1 is 1.27 bits per heavy atom. The van der Waals surface area contributed by atoms with Gasteiger partial charge in [0.15, 0.2) is 0 Å². The maximum atomic E-state index is 6.12. The zero-order valence-corrected chi connectivity index (χ0v) is 12.0. The predicted molar refractivity (Wildman–Crippen MR) is 73.2 cm³/mol. The fraction of sp³-hybridized carbons (Fsp3) is 0.400. The molecule has 5 heteroatoms. The normalized spacial score (nSPS) is 17.0. The summed E-state index contributed by atoms with van der Waals surface area (Å²) in [6.07, 6.45) is 2.45. The third-order valence-electron chi connectivity index (χ3n) is 2.62. The van der Waals surface area contributed by atoms with E-state index in [1.54, 1.807) is 0 Å². The number of benzene rings is 1. The number of anilines is 1. The van der Waals surface area contributed by atoms with E-state index in [0.29, 0.717) is 5.92 Å². The molecule has 15 heavy (non-hydrogen) atoms. The first-order chi connectivity index (χ1) is 6.59. The van der Waals surface area contributed by atoms with Crippen molar-refractivity contribution in [3.8, 4) is 0 Å². The van der Waals surface area contributed by atoms with Gasteiger partial charge in [-0.1, -0.05) is 15.9 Å². The molecule has 0 aromatic heterocycles. The van der Waals surface area contributed by atoms with Crippen molar-refractivity contribution in [3.05, 3.63) is 26.6 Å². The topological polar surface area (TPSA) is 52.0 Å². The number of rotatable bonds is 2. The lowest BCUT2D eigenvalue weighted by Gasteiger charge is -2.15. The van der Waals surface area contributed by atoms with Crippen LogP contribution in [0.15, 0.2) is 21.1 Å². The summed E-state index contributed by atoms with van der Waals surface area (Å²) in [6.45, 7) is 0. The van der Waals surface area contributed by atoms with Crippen molar-refractivity contribution < 1.29 is 0 Å². The Bertz CT molecular complexity index is 367. The average molecular weight is 356 g/mol. The first-order valence-electron chi connectivity index (χ1n) is 4.59. The molecule has 2 rings (SSSR count). The lowest BCUT2D eigenvalue weighted by molar-refractivity contribution is 0.635. The van der Waals surface area contributed by atoms with Crippen molar-refractivity contribution in [2.45, 2.75) is 18.9 Å². The van der Waals surface area contributed by atoms with Gasteiger partial charge in [0.05, 0.1) is 5.69 Å². The van der Waals surface area contributed by atoms with E-state index in [1.165, 1.54) is 12.8 Å². The van der Waals surface area contributed by atoms with Crippen molar-refractivity contribution in [1.29, 1.82) is 0 Å². The predicted octanol–water partition coefficient (Wildman–Crippen LogP) is 3.63. The highest BCUT2D eigenvalue weighted by Gasteiger charge is 2.31. The van der Waals surface area contributed by atoms with Gasteiger partial charge in [-0.25, -0.2) is 0 Å². The molecule has 1 aromatic carbocycles. The van der Waals surface area contributed by atoms with Gasteiger partial charge >= 0.3 is 0 Å². The second-order valence-electron chi connectivity index (χ2n) is 3.75. The third-order valence-corrected chi connectivity index (χ3v) is 3.73. The number of halogens is 3. The van der Waals surface area contributed by atoms with Crippen molar-refractivity contribution in [2.24, 2.45) is 11.7 Å². The number of nitrogen functional groups attached to an aromatic ring is 1. The fourth-order valence-electron chi connectivity index (χ4n) is 1.59. The largest absolute Gasteiger partial charge is 0.398 e. The lowest BCUT2D eigenvalue weighted by atomic mass is 10.0. The van der Waals surface area contributed by atoms with E-state index >= 15 is 0 Å². The van der Waals surface area contributed by atoms with Gasteiger partial charge < -0.3 is 11.5 Å². The zero-order chi connectivity index (χ0) is 10.3. The molecule has 1 atom stereocenters. The minimum absolute atomic E-state index is 0. The van der Waals surface area contributed by atoms with Gasteiger partial charge in [-0.05, 0) is 52.4 Å². The van der Waals surface area contributed by atoms with Crippen LogP contribution in [0.5, 0.6) is 0 Å². The molecule has 0 spiro atoms. The van der Waals surface area contributed by atoms with E-state index in [-0.39, 0.29) is 18.4 Å². The summed E-state index contributed by atoms with van der Waals surface area (Å²) in [5.74, 6) is 0.624. The van der Waals surface area contributed by atoms with Crippen LogP contribution in [-0.2, 0) is 0 Å². The molecule has 1 saturated carbocycles. The van der Waals surface area contributed by atoms with E-state index < -0.39 is 0 Å². The molecular formula is C10H13Br2ClN2. The Morgan fingerprint density at radius 3 is 2.40 bits per heavy atom. The Balaban J connectivity index is 0.00000112. The van der Waals surface area contributed by atoms with Crippen LogP contribution in [0.1, 0.15) is 24.4 Å². The molecule has 0 saturated heterocycles. The highest BCUT2D eigenvalue weighted by molar-refractivity contribution is 9.11. The molecule has 1 fully saturated rings. The van der Waals surface area contributed by atoms with Gasteiger partial charge in [-0.15, -0.1) is 12.4 Å². The number of hydrogen-bond acceptors (Lipinski definition) is 2. The molecule has 1 aliphatic carbocycles. The summed E-state index contributed by atoms with van der Waals surface area (Å²) < 4.78 is 1.93. The van der Waals surface area contributed by atoms with Crippen LogP contribution in [0.4, 0.5) is 5.69 Å². The van der Waals surface area contributed by atoms with Crippen LogP contribution in [0.25, 0.3) is 0 Å². The first kappa shape index (κ1) is 13.3. The molecular weight excluding hydrogens is 343 g/mol. The standard InChI is InChI=1S/C10H12Br2N2.ClH/c11-6-3-7(9(13)5-1-2-5)10(14)8(12)4-6;/h3-5,9H,1-2,13-14H2;1H/t9-;/m1./s1. The smallest absolute Gasteiger partial charge is 0.0507 e. The van der Waals surface area contributed by atoms with Crippen LogP contribution in [0.3, 0.4) is 0 Å². The second kappa shape index (κ2) is 5.04. The highest BCUT2D eigenvalue weighted by Crippen LogP contribution is 2.43. The van der Waals surface area contributed by atoms with Crippen LogP contribution >= 0.6 is 44.3 Å². The van der Waals surface area contributed by atoms with Crippen molar-refractivity contribution in [1.82, 2.24) is 0 Å². The summed E-state index contributed by atoms with van der Waals surface area (Å²) >= 11 is 6.87. The molecule has 0 heterocycles. The summed E-state index contributed by atoms with van der Waals surface area (Å²) in [6, 6.07) is 4.05. The summed E-state index contributed by atoms with van der Waals surface area (Å²) in [5.41, 5.74) is 13.9. The lowest BCUT2D eigenvalue weighted by Crippen LogP contribution is -2.14. The average Bonchev–Trinajstić information content (AvgIpc) is 2.93. The SMILES string of the molecule is Cl.Nc1c(Br)cc(Br)cc1[C@H](N)C1CC1. The van der Waals surface area contributed by atoms with Crippen LogP contribution in [0, 0.1) is 5.92 Å². The van der Waals surface area contributed by atoms with Gasteiger partial charge in [0.1, 0.15) is 0 Å².